The van der Waals surface area contributed by atoms with Gasteiger partial charge in [0.15, 0.2) is 11.5 Å². The lowest BCUT2D eigenvalue weighted by Crippen LogP contribution is -2.25. The minimum Gasteiger partial charge on any atom is -0.493 e. The first kappa shape index (κ1) is 16.8. The van der Waals surface area contributed by atoms with E-state index < -0.39 is 0 Å². The van der Waals surface area contributed by atoms with Gasteiger partial charge in [-0.25, -0.2) is 0 Å². The van der Waals surface area contributed by atoms with Gasteiger partial charge in [0.25, 0.3) is 0 Å². The highest BCUT2D eigenvalue weighted by Crippen LogP contribution is 2.36. The first-order chi connectivity index (χ1) is 9.33. The second-order valence-electron chi connectivity index (χ2n) is 6.46. The van der Waals surface area contributed by atoms with Crippen molar-refractivity contribution in [3.8, 4) is 11.5 Å². The van der Waals surface area contributed by atoms with E-state index in [9.17, 15) is 0 Å². The van der Waals surface area contributed by atoms with Gasteiger partial charge in [-0.2, -0.15) is 0 Å². The van der Waals surface area contributed by atoms with Crippen LogP contribution in [0.1, 0.15) is 45.7 Å². The van der Waals surface area contributed by atoms with Crippen LogP contribution < -0.4 is 14.8 Å². The molecule has 0 saturated carbocycles. The van der Waals surface area contributed by atoms with Crippen LogP contribution in [0.15, 0.2) is 18.2 Å². The van der Waals surface area contributed by atoms with E-state index in [1.54, 1.807) is 14.2 Å². The molecule has 2 unspecified atom stereocenters. The molecule has 0 aliphatic rings. The SMILES string of the molecule is CNC(CC(C)C(C)(C)C)c1ccc(OC)c(OC)c1. The number of ether oxygens (including phenoxy) is 2. The van der Waals surface area contributed by atoms with Crippen molar-refractivity contribution in [1.82, 2.24) is 5.32 Å². The van der Waals surface area contributed by atoms with Gasteiger partial charge in [-0.15, -0.1) is 0 Å². The second kappa shape index (κ2) is 6.98. The summed E-state index contributed by atoms with van der Waals surface area (Å²) >= 11 is 0. The standard InChI is InChI=1S/C17H29NO2/c1-12(17(2,3)4)10-14(18-5)13-8-9-15(19-6)16(11-13)20-7/h8-9,11-12,14,18H,10H2,1-7H3. The molecule has 2 atom stereocenters. The fraction of sp³-hybridized carbons (Fsp3) is 0.647. The Hall–Kier alpha value is -1.22. The van der Waals surface area contributed by atoms with Gasteiger partial charge in [0.1, 0.15) is 0 Å². The third-order valence-corrected chi connectivity index (χ3v) is 4.23. The summed E-state index contributed by atoms with van der Waals surface area (Å²) in [6.45, 7) is 9.18. The van der Waals surface area contributed by atoms with Crippen LogP contribution >= 0.6 is 0 Å². The highest BCUT2D eigenvalue weighted by Gasteiger charge is 2.24. The molecule has 0 fully saturated rings. The molecule has 114 valence electrons. The number of nitrogens with one attached hydrogen (secondary N) is 1. The third-order valence-electron chi connectivity index (χ3n) is 4.23. The molecule has 3 heteroatoms. The van der Waals surface area contributed by atoms with Gasteiger partial charge in [-0.1, -0.05) is 33.8 Å². The van der Waals surface area contributed by atoms with E-state index in [1.807, 2.05) is 13.1 Å². The van der Waals surface area contributed by atoms with Crippen LogP contribution in [0.4, 0.5) is 0 Å². The minimum atomic E-state index is 0.311. The molecule has 3 nitrogen and oxygen atoms in total. The zero-order valence-electron chi connectivity index (χ0n) is 13.9. The van der Waals surface area contributed by atoms with E-state index in [4.69, 9.17) is 9.47 Å². The van der Waals surface area contributed by atoms with Crippen molar-refractivity contribution in [2.45, 2.75) is 40.2 Å². The average molecular weight is 279 g/mol. The zero-order chi connectivity index (χ0) is 15.3. The maximum Gasteiger partial charge on any atom is 0.161 e. The lowest BCUT2D eigenvalue weighted by molar-refractivity contribution is 0.226. The number of rotatable bonds is 6. The van der Waals surface area contributed by atoms with E-state index in [0.29, 0.717) is 17.4 Å². The Kier molecular flexibility index (Phi) is 5.88. The van der Waals surface area contributed by atoms with Gasteiger partial charge in [0.2, 0.25) is 0 Å². The predicted octanol–water partition coefficient (Wildman–Crippen LogP) is 4.04. The maximum absolute atomic E-state index is 5.39. The van der Waals surface area contributed by atoms with Crippen LogP contribution in [0.2, 0.25) is 0 Å². The average Bonchev–Trinajstić information content (AvgIpc) is 2.42. The molecule has 0 radical (unpaired) electrons. The fourth-order valence-corrected chi connectivity index (χ4v) is 2.20. The summed E-state index contributed by atoms with van der Waals surface area (Å²) in [6, 6.07) is 6.47. The molecule has 0 aliphatic heterocycles. The Morgan fingerprint density at radius 2 is 1.70 bits per heavy atom. The van der Waals surface area contributed by atoms with Crippen LogP contribution in [0.3, 0.4) is 0 Å². The molecule has 0 aliphatic carbocycles. The van der Waals surface area contributed by atoms with Crippen molar-refractivity contribution in [2.24, 2.45) is 11.3 Å². The smallest absolute Gasteiger partial charge is 0.161 e. The van der Waals surface area contributed by atoms with E-state index in [0.717, 1.165) is 17.9 Å². The lowest BCUT2D eigenvalue weighted by atomic mass is 9.77. The molecule has 0 aromatic heterocycles. The molecule has 20 heavy (non-hydrogen) atoms. The van der Waals surface area contributed by atoms with Gasteiger partial charge >= 0.3 is 0 Å². The fourth-order valence-electron chi connectivity index (χ4n) is 2.20. The second-order valence-corrected chi connectivity index (χ2v) is 6.46. The summed E-state index contributed by atoms with van der Waals surface area (Å²) < 4.78 is 10.7. The minimum absolute atomic E-state index is 0.311. The molecule has 0 heterocycles. The largest absolute Gasteiger partial charge is 0.493 e. The van der Waals surface area contributed by atoms with Crippen molar-refractivity contribution < 1.29 is 9.47 Å². The van der Waals surface area contributed by atoms with Crippen molar-refractivity contribution in [3.63, 3.8) is 0 Å². The van der Waals surface area contributed by atoms with Crippen LogP contribution in [-0.2, 0) is 0 Å². The van der Waals surface area contributed by atoms with Crippen molar-refractivity contribution in [3.05, 3.63) is 23.8 Å². The van der Waals surface area contributed by atoms with Gasteiger partial charge in [0, 0.05) is 6.04 Å². The molecule has 1 aromatic carbocycles. The molecule has 0 bridgehead atoms. The Morgan fingerprint density at radius 3 is 2.15 bits per heavy atom. The number of hydrogen-bond acceptors (Lipinski definition) is 3. The molecule has 1 aromatic rings. The maximum atomic E-state index is 5.39. The van der Waals surface area contributed by atoms with Gasteiger partial charge in [-0.3, -0.25) is 0 Å². The van der Waals surface area contributed by atoms with E-state index in [2.05, 4.69) is 45.1 Å². The number of hydrogen-bond donors (Lipinski definition) is 1. The number of methoxy groups -OCH3 is 2. The van der Waals surface area contributed by atoms with Crippen LogP contribution in [0.25, 0.3) is 0 Å². The molecule has 0 amide bonds. The van der Waals surface area contributed by atoms with Crippen molar-refractivity contribution in [2.75, 3.05) is 21.3 Å². The molecule has 0 saturated heterocycles. The topological polar surface area (TPSA) is 30.5 Å². The summed E-state index contributed by atoms with van der Waals surface area (Å²) in [4.78, 5) is 0. The van der Waals surface area contributed by atoms with Gasteiger partial charge in [0.05, 0.1) is 14.2 Å². The Labute approximate surface area is 123 Å². The zero-order valence-corrected chi connectivity index (χ0v) is 13.9. The van der Waals surface area contributed by atoms with Crippen LogP contribution in [-0.4, -0.2) is 21.3 Å². The highest BCUT2D eigenvalue weighted by molar-refractivity contribution is 5.43. The lowest BCUT2D eigenvalue weighted by Gasteiger charge is -2.31. The monoisotopic (exact) mass is 279 g/mol. The Morgan fingerprint density at radius 1 is 1.10 bits per heavy atom. The highest BCUT2D eigenvalue weighted by atomic mass is 16.5. The van der Waals surface area contributed by atoms with E-state index >= 15 is 0 Å². The molecule has 1 rings (SSSR count). The summed E-state index contributed by atoms with van der Waals surface area (Å²) in [7, 11) is 5.35. The Bertz CT molecular complexity index is 423. The van der Waals surface area contributed by atoms with Crippen LogP contribution in [0.5, 0.6) is 11.5 Å². The molecular formula is C17H29NO2. The van der Waals surface area contributed by atoms with Gasteiger partial charge < -0.3 is 14.8 Å². The van der Waals surface area contributed by atoms with Crippen LogP contribution in [0, 0.1) is 11.3 Å². The summed E-state index contributed by atoms with van der Waals surface area (Å²) in [5.41, 5.74) is 1.55. The van der Waals surface area contributed by atoms with Gasteiger partial charge in [-0.05, 0) is 42.5 Å². The quantitative estimate of drug-likeness (QED) is 0.852. The normalized spacial score (nSPS) is 14.8. The molecule has 0 spiro atoms. The Balaban J connectivity index is 2.95. The molecule has 1 N–H and O–H groups in total. The predicted molar refractivity (Wildman–Crippen MR) is 84.6 cm³/mol. The molecular weight excluding hydrogens is 250 g/mol. The third kappa shape index (κ3) is 4.14. The first-order valence-electron chi connectivity index (χ1n) is 7.22. The summed E-state index contributed by atoms with van der Waals surface area (Å²) in [5.74, 6) is 2.18. The van der Waals surface area contributed by atoms with Crippen molar-refractivity contribution in [1.29, 1.82) is 0 Å². The van der Waals surface area contributed by atoms with E-state index in [1.165, 1.54) is 5.56 Å². The summed E-state index contributed by atoms with van der Waals surface area (Å²) in [6.07, 6.45) is 1.09. The van der Waals surface area contributed by atoms with E-state index in [-0.39, 0.29) is 0 Å². The number of benzene rings is 1. The first-order valence-corrected chi connectivity index (χ1v) is 7.22. The van der Waals surface area contributed by atoms with Crippen molar-refractivity contribution >= 4 is 0 Å². The summed E-state index contributed by atoms with van der Waals surface area (Å²) in [5, 5.41) is 3.41.